The van der Waals surface area contributed by atoms with Crippen molar-refractivity contribution < 1.29 is 14.3 Å². The molecule has 0 radical (unpaired) electrons. The van der Waals surface area contributed by atoms with E-state index in [9.17, 15) is 14.4 Å². The van der Waals surface area contributed by atoms with Crippen LogP contribution in [0.4, 0.5) is 5.69 Å². The fourth-order valence-electron chi connectivity index (χ4n) is 2.85. The van der Waals surface area contributed by atoms with Gasteiger partial charge in [-0.05, 0) is 37.5 Å². The van der Waals surface area contributed by atoms with Crippen molar-refractivity contribution in [2.75, 3.05) is 11.9 Å². The van der Waals surface area contributed by atoms with Gasteiger partial charge in [-0.2, -0.15) is 0 Å². The summed E-state index contributed by atoms with van der Waals surface area (Å²) in [6, 6.07) is 7.44. The minimum absolute atomic E-state index is 0.287. The number of carbonyl (C=O) groups excluding carboxylic acids is 2. The van der Waals surface area contributed by atoms with E-state index in [4.69, 9.17) is 4.74 Å². The van der Waals surface area contributed by atoms with Crippen molar-refractivity contribution in [3.63, 3.8) is 0 Å². The van der Waals surface area contributed by atoms with Gasteiger partial charge in [0.15, 0.2) is 6.61 Å². The molecule has 8 heteroatoms. The highest BCUT2D eigenvalue weighted by molar-refractivity contribution is 7.18. The van der Waals surface area contributed by atoms with Crippen LogP contribution in [0.15, 0.2) is 35.4 Å². The van der Waals surface area contributed by atoms with Crippen LogP contribution in [0.2, 0.25) is 0 Å². The predicted molar refractivity (Wildman–Crippen MR) is 109 cm³/mol. The number of hydrogen-bond acceptors (Lipinski definition) is 6. The molecule has 2 aromatic heterocycles. The van der Waals surface area contributed by atoms with Crippen LogP contribution < -0.4 is 10.9 Å². The molecule has 7 nitrogen and oxygen atoms in total. The molecule has 1 N–H and O–H groups in total. The SMILES string of the molecule is CCc1ccccc1NC(=O)COC(=O)Cn1cnc2sc(C)c(C)c2c1=O. The average molecular weight is 399 g/mol. The highest BCUT2D eigenvalue weighted by atomic mass is 32.1. The van der Waals surface area contributed by atoms with Crippen LogP contribution in [0.1, 0.15) is 22.9 Å². The van der Waals surface area contributed by atoms with Crippen LogP contribution in [0.3, 0.4) is 0 Å². The van der Waals surface area contributed by atoms with E-state index in [0.717, 1.165) is 22.4 Å². The van der Waals surface area contributed by atoms with Crippen molar-refractivity contribution >= 4 is 39.1 Å². The lowest BCUT2D eigenvalue weighted by Gasteiger charge is -2.10. The molecule has 0 aliphatic carbocycles. The molecule has 28 heavy (non-hydrogen) atoms. The Morgan fingerprint density at radius 1 is 1.25 bits per heavy atom. The number of ether oxygens (including phenoxy) is 1. The van der Waals surface area contributed by atoms with Crippen LogP contribution in [0.5, 0.6) is 0 Å². The first kappa shape index (κ1) is 19.8. The summed E-state index contributed by atoms with van der Waals surface area (Å²) >= 11 is 1.44. The Balaban J connectivity index is 1.62. The predicted octanol–water partition coefficient (Wildman–Crippen LogP) is 2.82. The molecular weight excluding hydrogens is 378 g/mol. The maximum Gasteiger partial charge on any atom is 0.326 e. The summed E-state index contributed by atoms with van der Waals surface area (Å²) < 4.78 is 6.22. The third kappa shape index (κ3) is 4.12. The highest BCUT2D eigenvalue weighted by Gasteiger charge is 2.15. The Bertz CT molecular complexity index is 1100. The maximum absolute atomic E-state index is 12.6. The number of aryl methyl sites for hydroxylation is 3. The smallest absolute Gasteiger partial charge is 0.326 e. The van der Waals surface area contributed by atoms with E-state index in [1.54, 1.807) is 6.07 Å². The Morgan fingerprint density at radius 2 is 2.00 bits per heavy atom. The molecule has 0 bridgehead atoms. The van der Waals surface area contributed by atoms with Gasteiger partial charge in [-0.1, -0.05) is 25.1 Å². The molecule has 0 unspecified atom stereocenters. The molecule has 0 saturated heterocycles. The molecular formula is C20H21N3O4S. The Hall–Kier alpha value is -3.00. The van der Waals surface area contributed by atoms with Gasteiger partial charge in [-0.25, -0.2) is 4.98 Å². The molecule has 3 rings (SSSR count). The summed E-state index contributed by atoms with van der Waals surface area (Å²) in [5.41, 5.74) is 2.27. The zero-order valence-corrected chi connectivity index (χ0v) is 16.8. The van der Waals surface area contributed by atoms with E-state index in [2.05, 4.69) is 10.3 Å². The summed E-state index contributed by atoms with van der Waals surface area (Å²) in [6.45, 7) is 5.06. The van der Waals surface area contributed by atoms with Crippen molar-refractivity contribution in [3.05, 3.63) is 57.0 Å². The Labute approximate surface area is 166 Å². The van der Waals surface area contributed by atoms with Gasteiger partial charge < -0.3 is 10.1 Å². The summed E-state index contributed by atoms with van der Waals surface area (Å²) in [5, 5.41) is 3.25. The van der Waals surface area contributed by atoms with E-state index < -0.39 is 18.5 Å². The Morgan fingerprint density at radius 3 is 2.75 bits per heavy atom. The molecule has 0 saturated carbocycles. The molecule has 0 fully saturated rings. The fourth-order valence-corrected chi connectivity index (χ4v) is 3.84. The van der Waals surface area contributed by atoms with Crippen molar-refractivity contribution in [3.8, 4) is 0 Å². The molecule has 0 aliphatic rings. The third-order valence-corrected chi connectivity index (χ3v) is 5.61. The molecule has 1 amide bonds. The van der Waals surface area contributed by atoms with Gasteiger partial charge in [0.25, 0.3) is 11.5 Å². The summed E-state index contributed by atoms with van der Waals surface area (Å²) in [7, 11) is 0. The summed E-state index contributed by atoms with van der Waals surface area (Å²) in [5.74, 6) is -1.11. The van der Waals surface area contributed by atoms with Gasteiger partial charge in [0, 0.05) is 10.6 Å². The first-order valence-corrected chi connectivity index (χ1v) is 9.70. The number of nitrogens with one attached hydrogen (secondary N) is 1. The molecule has 2 heterocycles. The monoisotopic (exact) mass is 399 g/mol. The van der Waals surface area contributed by atoms with Gasteiger partial charge in [0.1, 0.15) is 11.4 Å². The number of anilines is 1. The maximum atomic E-state index is 12.6. The number of thiophene rings is 1. The number of amides is 1. The van der Waals surface area contributed by atoms with Crippen molar-refractivity contribution in [1.29, 1.82) is 0 Å². The van der Waals surface area contributed by atoms with E-state index in [1.165, 1.54) is 22.2 Å². The van der Waals surface area contributed by atoms with Crippen LogP contribution in [0, 0.1) is 13.8 Å². The van der Waals surface area contributed by atoms with Gasteiger partial charge in [0.05, 0.1) is 11.7 Å². The number of rotatable bonds is 6. The van der Waals surface area contributed by atoms with Crippen molar-refractivity contribution in [2.45, 2.75) is 33.7 Å². The second-order valence-electron chi connectivity index (χ2n) is 6.36. The van der Waals surface area contributed by atoms with Crippen LogP contribution in [-0.2, 0) is 27.3 Å². The molecule has 146 valence electrons. The number of aromatic nitrogens is 2. The van der Waals surface area contributed by atoms with E-state index in [-0.39, 0.29) is 12.1 Å². The van der Waals surface area contributed by atoms with E-state index in [0.29, 0.717) is 15.9 Å². The third-order valence-electron chi connectivity index (χ3n) is 4.49. The average Bonchev–Trinajstić information content (AvgIpc) is 2.97. The van der Waals surface area contributed by atoms with Crippen molar-refractivity contribution in [1.82, 2.24) is 9.55 Å². The quantitative estimate of drug-likeness (QED) is 0.644. The standard InChI is InChI=1S/C20H21N3O4S/c1-4-14-7-5-6-8-15(14)22-16(24)10-27-17(25)9-23-11-21-19-18(20(23)26)12(2)13(3)28-19/h5-8,11H,4,9-10H2,1-3H3,(H,22,24). The molecule has 3 aromatic rings. The lowest BCUT2D eigenvalue weighted by Crippen LogP contribution is -2.28. The number of benzene rings is 1. The van der Waals surface area contributed by atoms with Crippen molar-refractivity contribution in [2.24, 2.45) is 0 Å². The first-order chi connectivity index (χ1) is 13.4. The lowest BCUT2D eigenvalue weighted by molar-refractivity contribution is -0.147. The van der Waals surface area contributed by atoms with Gasteiger partial charge in [-0.15, -0.1) is 11.3 Å². The summed E-state index contributed by atoms with van der Waals surface area (Å²) in [4.78, 5) is 42.6. The fraction of sp³-hybridized carbons (Fsp3) is 0.300. The number of fused-ring (bicyclic) bond motifs is 1. The largest absolute Gasteiger partial charge is 0.454 e. The number of nitrogens with zero attached hydrogens (tertiary/aromatic N) is 2. The number of hydrogen-bond donors (Lipinski definition) is 1. The lowest BCUT2D eigenvalue weighted by atomic mass is 10.1. The van der Waals surface area contributed by atoms with E-state index >= 15 is 0 Å². The summed E-state index contributed by atoms with van der Waals surface area (Å²) in [6.07, 6.45) is 2.11. The van der Waals surface area contributed by atoms with Crippen LogP contribution in [0.25, 0.3) is 10.2 Å². The van der Waals surface area contributed by atoms with Gasteiger partial charge in [0.2, 0.25) is 0 Å². The normalized spacial score (nSPS) is 10.8. The molecule has 1 aromatic carbocycles. The number of carbonyl (C=O) groups is 2. The molecule has 0 aliphatic heterocycles. The first-order valence-electron chi connectivity index (χ1n) is 8.89. The van der Waals surface area contributed by atoms with Gasteiger partial charge >= 0.3 is 5.97 Å². The molecule has 0 atom stereocenters. The minimum Gasteiger partial charge on any atom is -0.454 e. The zero-order valence-electron chi connectivity index (χ0n) is 15.9. The van der Waals surface area contributed by atoms with Gasteiger partial charge in [-0.3, -0.25) is 19.0 Å². The van der Waals surface area contributed by atoms with Crippen LogP contribution >= 0.6 is 11.3 Å². The zero-order chi connectivity index (χ0) is 20.3. The number of para-hydroxylation sites is 1. The second-order valence-corrected chi connectivity index (χ2v) is 7.56. The van der Waals surface area contributed by atoms with Crippen LogP contribution in [-0.4, -0.2) is 28.0 Å². The molecule has 0 spiro atoms. The second kappa shape index (κ2) is 8.35. The minimum atomic E-state index is -0.674. The number of esters is 1. The Kier molecular flexibility index (Phi) is 5.89. The highest BCUT2D eigenvalue weighted by Crippen LogP contribution is 2.25. The van der Waals surface area contributed by atoms with E-state index in [1.807, 2.05) is 39.0 Å². The topological polar surface area (TPSA) is 90.3 Å².